The van der Waals surface area contributed by atoms with Crippen LogP contribution >= 0.6 is 0 Å². The Balaban J connectivity index is 1.21. The van der Waals surface area contributed by atoms with Crippen LogP contribution in [0.5, 0.6) is 0 Å². The Hall–Kier alpha value is -3.61. The molecule has 0 spiro atoms. The monoisotopic (exact) mass is 555 g/mol. The molecule has 2 saturated heterocycles. The molecule has 11 nitrogen and oxygen atoms in total. The maximum Gasteiger partial charge on any atom is 0.294 e. The predicted molar refractivity (Wildman–Crippen MR) is 147 cm³/mol. The maximum atomic E-state index is 13.1. The first-order chi connectivity index (χ1) is 19.3. The highest BCUT2D eigenvalue weighted by Gasteiger charge is 2.43. The second-order valence-corrected chi connectivity index (χ2v) is 11.3. The average molecular weight is 556 g/mol. The first kappa shape index (κ1) is 26.6. The van der Waals surface area contributed by atoms with Gasteiger partial charge in [0.1, 0.15) is 23.7 Å². The summed E-state index contributed by atoms with van der Waals surface area (Å²) < 4.78 is 31.6. The molecule has 0 aromatic carbocycles. The fourth-order valence-electron chi connectivity index (χ4n) is 5.96. The number of rotatable bonds is 8. The van der Waals surface area contributed by atoms with Gasteiger partial charge in [-0.3, -0.25) is 10.2 Å². The van der Waals surface area contributed by atoms with E-state index in [-0.39, 0.29) is 17.7 Å². The summed E-state index contributed by atoms with van der Waals surface area (Å²) in [5, 5.41) is 10.4. The molecule has 1 atom stereocenters. The number of alkyl halides is 2. The van der Waals surface area contributed by atoms with Crippen LogP contribution in [0, 0.1) is 0 Å². The van der Waals surface area contributed by atoms with Crippen LogP contribution in [0.3, 0.4) is 0 Å². The molecule has 1 amide bonds. The lowest BCUT2D eigenvalue weighted by Crippen LogP contribution is -2.36. The Morgan fingerprint density at radius 2 is 1.93 bits per heavy atom. The van der Waals surface area contributed by atoms with Gasteiger partial charge in [0, 0.05) is 32.1 Å². The molecule has 6 rings (SSSR count). The minimum atomic E-state index is -2.70. The van der Waals surface area contributed by atoms with E-state index in [0.717, 1.165) is 74.9 Å². The Bertz CT molecular complexity index is 1290. The summed E-state index contributed by atoms with van der Waals surface area (Å²) in [5.41, 5.74) is 4.72. The van der Waals surface area contributed by atoms with Gasteiger partial charge in [0.25, 0.3) is 12.3 Å². The lowest BCUT2D eigenvalue weighted by molar-refractivity contribution is -0.119. The number of nitrogens with zero attached hydrogens (tertiary/aromatic N) is 6. The molecule has 2 aromatic heterocycles. The molecule has 1 unspecified atom stereocenters. The standard InChI is InChI=1S/C27H35F2N9O2/c1-27(2)19-22(34-26(27)39)31-15-32-23(19)38-12-7-16(8-13-38)20-17(30-9-14-37-10-3-4-11-37)5-6-18(33-20)24-35-36-25(40-24)21(28)29/h5-6,15-16,21,25,30,36H,3-4,7-14H2,1-2H3,(H,31,32,34,39). The van der Waals surface area contributed by atoms with Crippen molar-refractivity contribution in [1.29, 1.82) is 0 Å². The SMILES string of the molecule is CC1(C)C(=O)Nc2ncnc(N3CCC(c4nc(C5=NNC(C(F)F)O5)ccc4NCCN4CCCC4)CC3)c21. The molecule has 4 aliphatic rings. The largest absolute Gasteiger partial charge is 0.443 e. The van der Waals surface area contributed by atoms with Crippen molar-refractivity contribution in [3.05, 3.63) is 35.4 Å². The number of fused-ring (bicyclic) bond motifs is 1. The lowest BCUT2D eigenvalue weighted by atomic mass is 9.86. The van der Waals surface area contributed by atoms with Crippen molar-refractivity contribution in [3.8, 4) is 0 Å². The Morgan fingerprint density at radius 1 is 1.15 bits per heavy atom. The van der Waals surface area contributed by atoms with Gasteiger partial charge in [-0.15, -0.1) is 5.10 Å². The Labute approximate surface area is 231 Å². The van der Waals surface area contributed by atoms with Crippen molar-refractivity contribution >= 4 is 29.1 Å². The van der Waals surface area contributed by atoms with Crippen LogP contribution < -0.4 is 21.0 Å². The third-order valence-corrected chi connectivity index (χ3v) is 8.28. The molecular weight excluding hydrogens is 520 g/mol. The third-order valence-electron chi connectivity index (χ3n) is 8.28. The number of halogens is 2. The molecule has 214 valence electrons. The zero-order chi connectivity index (χ0) is 27.9. The zero-order valence-electron chi connectivity index (χ0n) is 22.8. The number of hydrogen-bond donors (Lipinski definition) is 3. The normalized spacial score (nSPS) is 22.6. The quantitative estimate of drug-likeness (QED) is 0.452. The number of carbonyl (C=O) groups excluding carboxylic acids is 1. The second kappa shape index (κ2) is 10.8. The first-order valence-corrected chi connectivity index (χ1v) is 14.0. The lowest BCUT2D eigenvalue weighted by Gasteiger charge is -2.35. The van der Waals surface area contributed by atoms with Gasteiger partial charge in [0.15, 0.2) is 0 Å². The average Bonchev–Trinajstić information content (AvgIpc) is 3.70. The van der Waals surface area contributed by atoms with Gasteiger partial charge in [-0.25, -0.2) is 23.7 Å². The summed E-state index contributed by atoms with van der Waals surface area (Å²) in [6.07, 6.45) is 1.43. The van der Waals surface area contributed by atoms with Crippen molar-refractivity contribution in [2.24, 2.45) is 5.10 Å². The van der Waals surface area contributed by atoms with Crippen LogP contribution in [-0.4, -0.2) is 83.6 Å². The number of aromatic nitrogens is 3. The summed E-state index contributed by atoms with van der Waals surface area (Å²) in [5.74, 6) is 1.49. The van der Waals surface area contributed by atoms with Crippen LogP contribution in [0.2, 0.25) is 0 Å². The highest BCUT2D eigenvalue weighted by Crippen LogP contribution is 2.42. The topological polar surface area (TPSA) is 120 Å². The Morgan fingerprint density at radius 3 is 2.65 bits per heavy atom. The fourth-order valence-corrected chi connectivity index (χ4v) is 5.96. The van der Waals surface area contributed by atoms with Gasteiger partial charge in [-0.05, 0) is 64.8 Å². The third kappa shape index (κ3) is 5.02. The summed E-state index contributed by atoms with van der Waals surface area (Å²) in [6, 6.07) is 3.72. The number of hydrogen-bond acceptors (Lipinski definition) is 10. The van der Waals surface area contributed by atoms with Crippen LogP contribution in [-0.2, 0) is 14.9 Å². The van der Waals surface area contributed by atoms with E-state index in [1.165, 1.54) is 19.2 Å². The number of amides is 1. The molecule has 2 fully saturated rings. The van der Waals surface area contributed by atoms with E-state index in [1.807, 2.05) is 19.9 Å². The van der Waals surface area contributed by atoms with Crippen molar-refractivity contribution in [3.63, 3.8) is 0 Å². The maximum absolute atomic E-state index is 13.1. The zero-order valence-corrected chi connectivity index (χ0v) is 22.8. The van der Waals surface area contributed by atoms with Gasteiger partial charge in [-0.2, -0.15) is 0 Å². The van der Waals surface area contributed by atoms with Gasteiger partial charge < -0.3 is 25.2 Å². The van der Waals surface area contributed by atoms with E-state index in [0.29, 0.717) is 11.5 Å². The number of carbonyl (C=O) groups is 1. The first-order valence-electron chi connectivity index (χ1n) is 14.0. The molecule has 3 N–H and O–H groups in total. The molecular formula is C27H35F2N9O2. The van der Waals surface area contributed by atoms with Crippen molar-refractivity contribution in [2.45, 2.75) is 63.5 Å². The van der Waals surface area contributed by atoms with Crippen LogP contribution in [0.4, 0.5) is 26.1 Å². The number of hydrazone groups is 1. The minimum Gasteiger partial charge on any atom is -0.443 e. The predicted octanol–water partition coefficient (Wildman–Crippen LogP) is 2.87. The van der Waals surface area contributed by atoms with Gasteiger partial charge in [0.2, 0.25) is 12.1 Å². The van der Waals surface area contributed by atoms with Crippen molar-refractivity contribution in [1.82, 2.24) is 25.3 Å². The van der Waals surface area contributed by atoms with Crippen molar-refractivity contribution in [2.75, 3.05) is 54.8 Å². The molecule has 40 heavy (non-hydrogen) atoms. The van der Waals surface area contributed by atoms with Gasteiger partial charge in [-0.1, -0.05) is 0 Å². The van der Waals surface area contributed by atoms with E-state index in [4.69, 9.17) is 9.72 Å². The molecule has 0 saturated carbocycles. The van der Waals surface area contributed by atoms with E-state index in [1.54, 1.807) is 6.07 Å². The van der Waals surface area contributed by atoms with Gasteiger partial charge >= 0.3 is 0 Å². The highest BCUT2D eigenvalue weighted by molar-refractivity contribution is 6.06. The van der Waals surface area contributed by atoms with Crippen LogP contribution in [0.25, 0.3) is 0 Å². The smallest absolute Gasteiger partial charge is 0.294 e. The molecule has 6 heterocycles. The Kier molecular flexibility index (Phi) is 7.15. The number of piperidine rings is 1. The molecule has 0 radical (unpaired) electrons. The van der Waals surface area contributed by atoms with E-state index in [9.17, 15) is 13.6 Å². The molecule has 2 aromatic rings. The summed E-state index contributed by atoms with van der Waals surface area (Å²) in [7, 11) is 0. The van der Waals surface area contributed by atoms with E-state index >= 15 is 0 Å². The molecule has 0 aliphatic carbocycles. The van der Waals surface area contributed by atoms with Crippen LogP contribution in [0.15, 0.2) is 23.6 Å². The summed E-state index contributed by atoms with van der Waals surface area (Å²) in [4.78, 5) is 31.0. The van der Waals surface area contributed by atoms with E-state index < -0.39 is 18.1 Å². The van der Waals surface area contributed by atoms with Crippen molar-refractivity contribution < 1.29 is 18.3 Å². The van der Waals surface area contributed by atoms with Crippen LogP contribution in [0.1, 0.15) is 62.4 Å². The second-order valence-electron chi connectivity index (χ2n) is 11.3. The van der Waals surface area contributed by atoms with Gasteiger partial charge in [0.05, 0.1) is 22.4 Å². The van der Waals surface area contributed by atoms with E-state index in [2.05, 4.69) is 40.9 Å². The number of nitrogens with one attached hydrogen (secondary N) is 3. The molecule has 0 bridgehead atoms. The number of likely N-dealkylation sites (tertiary alicyclic amines) is 1. The fraction of sp³-hybridized carbons (Fsp3) is 0.593. The highest BCUT2D eigenvalue weighted by atomic mass is 19.3. The number of pyridine rings is 1. The summed E-state index contributed by atoms with van der Waals surface area (Å²) >= 11 is 0. The minimum absolute atomic E-state index is 0.0727. The summed E-state index contributed by atoms with van der Waals surface area (Å²) in [6.45, 7) is 9.25. The molecule has 4 aliphatic heterocycles. The number of ether oxygens (including phenoxy) is 1. The number of anilines is 3. The molecule has 13 heteroatoms.